The van der Waals surface area contributed by atoms with Crippen LogP contribution in [-0.4, -0.2) is 62.1 Å². The summed E-state index contributed by atoms with van der Waals surface area (Å²) in [6.45, 7) is 28.2. The standard InChI is InChI=1S/C33H52N6O.C5H10O.C2H6/c1-10-17-38(9)22-31-34-20-30(36-31)27(8)15-16-28(12-3)25(6)13-14-26(7)29-21-35-32(37-29)23-39(18-11-2)33(40)19-24(4)5;1-5(2)3-4-6;1-2/h13-16,20-21,24H,10-12,17-19,22-23H2,1-9H3,(H,34,36)(H,35,37);4-5H,3H2,1-2H3;1-2H3/b25-13+,26-14+,27-15+,28-16+;;. The van der Waals surface area contributed by atoms with Crippen LogP contribution in [0.3, 0.4) is 0 Å². The Morgan fingerprint density at radius 3 is 1.75 bits per heavy atom. The number of imidazole rings is 2. The molecule has 0 aliphatic rings. The number of aromatic amines is 2. The number of aldehydes is 1. The summed E-state index contributed by atoms with van der Waals surface area (Å²) in [6.07, 6.45) is 17.7. The molecule has 48 heavy (non-hydrogen) atoms. The molecule has 0 bridgehead atoms. The molecule has 1 amide bonds. The van der Waals surface area contributed by atoms with E-state index >= 15 is 0 Å². The van der Waals surface area contributed by atoms with E-state index in [4.69, 9.17) is 0 Å². The van der Waals surface area contributed by atoms with Crippen molar-refractivity contribution in [3.63, 3.8) is 0 Å². The molecule has 0 spiro atoms. The first kappa shape index (κ1) is 44.5. The van der Waals surface area contributed by atoms with E-state index in [0.717, 1.165) is 79.4 Å². The van der Waals surface area contributed by atoms with E-state index in [1.807, 2.05) is 45.0 Å². The van der Waals surface area contributed by atoms with Crippen molar-refractivity contribution in [2.24, 2.45) is 11.8 Å². The van der Waals surface area contributed by atoms with Crippen LogP contribution in [0.4, 0.5) is 0 Å². The van der Waals surface area contributed by atoms with Gasteiger partial charge in [0.2, 0.25) is 5.91 Å². The molecular weight excluding hydrogens is 596 g/mol. The van der Waals surface area contributed by atoms with E-state index in [-0.39, 0.29) is 5.91 Å². The highest BCUT2D eigenvalue weighted by Gasteiger charge is 2.16. The third-order valence-corrected chi connectivity index (χ3v) is 7.47. The van der Waals surface area contributed by atoms with E-state index in [1.165, 1.54) is 11.1 Å². The highest BCUT2D eigenvalue weighted by Crippen LogP contribution is 2.19. The third kappa shape index (κ3) is 18.1. The number of allylic oxidation sites excluding steroid dienone is 8. The normalized spacial score (nSPS) is 12.6. The summed E-state index contributed by atoms with van der Waals surface area (Å²) < 4.78 is 0. The maximum absolute atomic E-state index is 12.6. The maximum atomic E-state index is 12.6. The minimum atomic E-state index is 0.191. The molecule has 270 valence electrons. The van der Waals surface area contributed by atoms with E-state index in [9.17, 15) is 9.59 Å². The first-order valence-corrected chi connectivity index (χ1v) is 18.1. The van der Waals surface area contributed by atoms with Crippen molar-refractivity contribution in [3.8, 4) is 0 Å². The average molecular weight is 665 g/mol. The fourth-order valence-corrected chi connectivity index (χ4v) is 4.71. The first-order chi connectivity index (χ1) is 22.8. The Kier molecular flexibility index (Phi) is 23.6. The molecule has 0 saturated carbocycles. The van der Waals surface area contributed by atoms with Crippen LogP contribution in [0, 0.1) is 11.8 Å². The summed E-state index contributed by atoms with van der Waals surface area (Å²) in [6, 6.07) is 0. The van der Waals surface area contributed by atoms with Gasteiger partial charge in [0.25, 0.3) is 0 Å². The Hall–Kier alpha value is -3.52. The minimum Gasteiger partial charge on any atom is -0.341 e. The van der Waals surface area contributed by atoms with Gasteiger partial charge in [0.1, 0.15) is 17.9 Å². The minimum absolute atomic E-state index is 0.191. The van der Waals surface area contributed by atoms with Gasteiger partial charge in [-0.3, -0.25) is 9.69 Å². The number of aromatic nitrogens is 4. The number of rotatable bonds is 18. The molecule has 0 aromatic carbocycles. The van der Waals surface area contributed by atoms with Crippen molar-refractivity contribution in [1.82, 2.24) is 29.7 Å². The number of carbonyl (C=O) groups is 2. The first-order valence-electron chi connectivity index (χ1n) is 18.1. The molecule has 0 atom stereocenters. The van der Waals surface area contributed by atoms with Gasteiger partial charge in [0.15, 0.2) is 0 Å². The lowest BCUT2D eigenvalue weighted by Gasteiger charge is -2.22. The van der Waals surface area contributed by atoms with Gasteiger partial charge >= 0.3 is 0 Å². The Balaban J connectivity index is 0.00000247. The van der Waals surface area contributed by atoms with Gasteiger partial charge in [0.05, 0.1) is 36.9 Å². The lowest BCUT2D eigenvalue weighted by molar-refractivity contribution is -0.132. The van der Waals surface area contributed by atoms with Gasteiger partial charge in [-0.05, 0) is 87.8 Å². The molecule has 0 fully saturated rings. The number of nitrogens with zero attached hydrogens (tertiary/aromatic N) is 4. The molecule has 0 radical (unpaired) electrons. The third-order valence-electron chi connectivity index (χ3n) is 7.47. The van der Waals surface area contributed by atoms with Crippen molar-refractivity contribution in [2.75, 3.05) is 20.1 Å². The van der Waals surface area contributed by atoms with Crippen molar-refractivity contribution in [3.05, 3.63) is 70.9 Å². The SMILES string of the molecule is CC.CC(C)CC=O.CCCN(C)Cc1ncc(/C(C)=C/C=C(CC)/C(C)=C/C=C(\C)c2cnc(CN(CCC)C(=O)CC(C)C)[nH]2)[nH]1. The molecule has 0 saturated heterocycles. The predicted molar refractivity (Wildman–Crippen MR) is 205 cm³/mol. The molecule has 2 rings (SSSR count). The van der Waals surface area contributed by atoms with Gasteiger partial charge in [0, 0.05) is 19.4 Å². The van der Waals surface area contributed by atoms with Gasteiger partial charge < -0.3 is 19.7 Å². The summed E-state index contributed by atoms with van der Waals surface area (Å²) in [7, 11) is 2.12. The highest BCUT2D eigenvalue weighted by molar-refractivity contribution is 5.76. The zero-order chi connectivity index (χ0) is 36.6. The number of hydrogen-bond acceptors (Lipinski definition) is 5. The lowest BCUT2D eigenvalue weighted by atomic mass is 10.0. The molecule has 0 aliphatic heterocycles. The van der Waals surface area contributed by atoms with Crippen LogP contribution in [0.15, 0.2) is 47.8 Å². The van der Waals surface area contributed by atoms with Crippen molar-refractivity contribution in [2.45, 2.75) is 128 Å². The van der Waals surface area contributed by atoms with Gasteiger partial charge in [-0.15, -0.1) is 0 Å². The zero-order valence-electron chi connectivity index (χ0n) is 32.7. The Morgan fingerprint density at radius 2 is 1.31 bits per heavy atom. The van der Waals surface area contributed by atoms with Crippen LogP contribution in [0.5, 0.6) is 0 Å². The second-order valence-electron chi connectivity index (χ2n) is 13.0. The largest absolute Gasteiger partial charge is 0.341 e. The Bertz CT molecular complexity index is 1310. The van der Waals surface area contributed by atoms with E-state index < -0.39 is 0 Å². The number of H-pyrrole nitrogens is 2. The summed E-state index contributed by atoms with van der Waals surface area (Å²) in [4.78, 5) is 42.5. The van der Waals surface area contributed by atoms with Crippen LogP contribution in [0.2, 0.25) is 0 Å². The van der Waals surface area contributed by atoms with Crippen LogP contribution >= 0.6 is 0 Å². The molecule has 2 N–H and O–H groups in total. The van der Waals surface area contributed by atoms with E-state index in [2.05, 4.69) is 112 Å². The van der Waals surface area contributed by atoms with Crippen LogP contribution in [0.1, 0.15) is 138 Å². The fourth-order valence-electron chi connectivity index (χ4n) is 4.71. The molecule has 8 heteroatoms. The Morgan fingerprint density at radius 1 is 0.792 bits per heavy atom. The number of nitrogens with one attached hydrogen (secondary N) is 2. The second kappa shape index (κ2) is 25.5. The quantitative estimate of drug-likeness (QED) is 0.122. The molecule has 2 heterocycles. The average Bonchev–Trinajstić information content (AvgIpc) is 3.71. The van der Waals surface area contributed by atoms with Crippen LogP contribution in [0.25, 0.3) is 11.1 Å². The van der Waals surface area contributed by atoms with Crippen molar-refractivity contribution >= 4 is 23.3 Å². The van der Waals surface area contributed by atoms with Crippen LogP contribution < -0.4 is 0 Å². The van der Waals surface area contributed by atoms with E-state index in [1.54, 1.807) is 0 Å². The summed E-state index contributed by atoms with van der Waals surface area (Å²) in [5.74, 6) is 2.89. The highest BCUT2D eigenvalue weighted by atomic mass is 16.2. The monoisotopic (exact) mass is 665 g/mol. The molecule has 0 aliphatic carbocycles. The van der Waals surface area contributed by atoms with Crippen LogP contribution in [-0.2, 0) is 22.7 Å². The van der Waals surface area contributed by atoms with Crippen molar-refractivity contribution in [1.29, 1.82) is 0 Å². The molecular formula is C40H68N6O2. The maximum Gasteiger partial charge on any atom is 0.223 e. The molecule has 2 aromatic rings. The fraction of sp³-hybridized carbons (Fsp3) is 0.600. The predicted octanol–water partition coefficient (Wildman–Crippen LogP) is 9.81. The topological polar surface area (TPSA) is 98.0 Å². The lowest BCUT2D eigenvalue weighted by Crippen LogP contribution is -2.32. The second-order valence-corrected chi connectivity index (χ2v) is 13.0. The number of carbonyl (C=O) groups excluding carboxylic acids is 2. The van der Waals surface area contributed by atoms with Gasteiger partial charge in [-0.1, -0.05) is 86.6 Å². The molecule has 2 aromatic heterocycles. The summed E-state index contributed by atoms with van der Waals surface area (Å²) in [5, 5.41) is 0. The van der Waals surface area contributed by atoms with E-state index in [0.29, 0.717) is 31.2 Å². The van der Waals surface area contributed by atoms with Gasteiger partial charge in [-0.25, -0.2) is 9.97 Å². The number of amides is 1. The zero-order valence-corrected chi connectivity index (χ0v) is 32.7. The van der Waals surface area contributed by atoms with Crippen molar-refractivity contribution < 1.29 is 9.59 Å². The number of hydrogen-bond donors (Lipinski definition) is 2. The molecule has 8 nitrogen and oxygen atoms in total. The summed E-state index contributed by atoms with van der Waals surface area (Å²) in [5.41, 5.74) is 6.82. The smallest absolute Gasteiger partial charge is 0.223 e. The van der Waals surface area contributed by atoms with Gasteiger partial charge in [-0.2, -0.15) is 0 Å². The Labute approximate surface area is 293 Å². The summed E-state index contributed by atoms with van der Waals surface area (Å²) >= 11 is 0. The molecule has 0 unspecified atom stereocenters.